The molecule has 1 atom stereocenters. The molecule has 3 aliphatic rings. The minimum atomic E-state index is -4.36. The number of hydrogen-bond acceptors (Lipinski definition) is 5. The van der Waals surface area contributed by atoms with Crippen LogP contribution in [-0.2, 0) is 0 Å². The lowest BCUT2D eigenvalue weighted by atomic mass is 9.87. The summed E-state index contributed by atoms with van der Waals surface area (Å²) in [6.07, 6.45) is 5.21. The highest BCUT2D eigenvalue weighted by atomic mass is 19.4. The van der Waals surface area contributed by atoms with Crippen LogP contribution < -0.4 is 15.3 Å². The normalized spacial score (nSPS) is 20.6. The maximum atomic E-state index is 13.6. The van der Waals surface area contributed by atoms with E-state index in [1.165, 1.54) is 0 Å². The molecule has 1 aromatic rings. The fourth-order valence-corrected chi connectivity index (χ4v) is 4.42. The summed E-state index contributed by atoms with van der Waals surface area (Å²) >= 11 is 0. The van der Waals surface area contributed by atoms with Crippen LogP contribution in [0, 0.1) is 22.7 Å². The fraction of sp³-hybridized carbons (Fsp3) is 0.480. The first kappa shape index (κ1) is 23.2. The zero-order chi connectivity index (χ0) is 23.3. The highest BCUT2D eigenvalue weighted by Gasteiger charge is 2.43. The average molecular weight is 457 g/mol. The van der Waals surface area contributed by atoms with E-state index in [2.05, 4.69) is 26.9 Å². The van der Waals surface area contributed by atoms with Gasteiger partial charge in [-0.2, -0.15) is 13.2 Å². The first-order chi connectivity index (χ1) is 16.0. The van der Waals surface area contributed by atoms with E-state index in [0.29, 0.717) is 61.5 Å². The number of nitroso groups, excluding NO2 is 1. The molecule has 5 nitrogen and oxygen atoms in total. The number of rotatable bonds is 7. The fourth-order valence-electron chi connectivity index (χ4n) is 4.42. The van der Waals surface area contributed by atoms with Crippen molar-refractivity contribution in [2.75, 3.05) is 26.2 Å². The monoisotopic (exact) mass is 457 g/mol. The second-order valence-corrected chi connectivity index (χ2v) is 8.40. The number of alkyl halides is 3. The third kappa shape index (κ3) is 5.72. The summed E-state index contributed by atoms with van der Waals surface area (Å²) in [5, 5.41) is 4.57. The quantitative estimate of drug-likeness (QED) is 0.355. The van der Waals surface area contributed by atoms with Crippen LogP contribution in [-0.4, -0.2) is 42.3 Å². The van der Waals surface area contributed by atoms with Gasteiger partial charge >= 0.3 is 6.18 Å². The Morgan fingerprint density at radius 1 is 1.24 bits per heavy atom. The minimum Gasteiger partial charge on any atom is -0.478 e. The number of fused-ring (bicyclic) bond motifs is 1. The van der Waals surface area contributed by atoms with Gasteiger partial charge < -0.3 is 4.74 Å². The van der Waals surface area contributed by atoms with Gasteiger partial charge in [-0.3, -0.25) is 4.90 Å². The van der Waals surface area contributed by atoms with Crippen molar-refractivity contribution in [2.45, 2.75) is 44.7 Å². The number of pyridine rings is 1. The van der Waals surface area contributed by atoms with Crippen LogP contribution >= 0.6 is 0 Å². The summed E-state index contributed by atoms with van der Waals surface area (Å²) in [7, 11) is 0. The molecule has 8 heteroatoms. The molecule has 1 aromatic heterocycles. The van der Waals surface area contributed by atoms with Crippen LogP contribution in [0.15, 0.2) is 40.6 Å². The Morgan fingerprint density at radius 2 is 2.12 bits per heavy atom. The summed E-state index contributed by atoms with van der Waals surface area (Å²) < 4.78 is 46.5. The minimum absolute atomic E-state index is 0.291. The molecule has 0 radical (unpaired) electrons. The van der Waals surface area contributed by atoms with E-state index in [1.807, 2.05) is 24.3 Å². The Kier molecular flexibility index (Phi) is 7.29. The van der Waals surface area contributed by atoms with Crippen molar-refractivity contribution in [3.05, 3.63) is 50.9 Å². The molecule has 0 saturated carbocycles. The summed E-state index contributed by atoms with van der Waals surface area (Å²) in [5.74, 6) is 3.84. The van der Waals surface area contributed by atoms with Gasteiger partial charge in [0.25, 0.3) is 0 Å². The Hall–Kier alpha value is -2.92. The number of aromatic nitrogens is 1. The second-order valence-electron chi connectivity index (χ2n) is 8.40. The van der Waals surface area contributed by atoms with Crippen LogP contribution in [0.3, 0.4) is 0 Å². The SMILES string of the molecule is O=NC1=c2nc(OCCCCN3CCC4=C(C3)C(C(F)(F)F)C#CCC=C4)ccc2=CCC1. The van der Waals surface area contributed by atoms with E-state index in [1.54, 1.807) is 6.07 Å². The lowest BCUT2D eigenvalue weighted by Gasteiger charge is -2.33. The highest BCUT2D eigenvalue weighted by molar-refractivity contribution is 5.48. The predicted molar refractivity (Wildman–Crippen MR) is 120 cm³/mol. The van der Waals surface area contributed by atoms with Crippen molar-refractivity contribution in [3.63, 3.8) is 0 Å². The van der Waals surface area contributed by atoms with Crippen molar-refractivity contribution in [3.8, 4) is 17.7 Å². The molecule has 1 aliphatic heterocycles. The molecule has 1 unspecified atom stereocenters. The smallest absolute Gasteiger partial charge is 0.406 e. The number of allylic oxidation sites excluding steroid dienone is 2. The maximum Gasteiger partial charge on any atom is 0.406 e. The molecule has 0 fully saturated rings. The molecule has 0 saturated heterocycles. The molecule has 4 rings (SSSR count). The molecule has 33 heavy (non-hydrogen) atoms. The topological polar surface area (TPSA) is 54.8 Å². The molecular weight excluding hydrogens is 431 g/mol. The van der Waals surface area contributed by atoms with E-state index in [0.717, 1.165) is 36.6 Å². The second kappa shape index (κ2) is 10.3. The maximum absolute atomic E-state index is 13.6. The summed E-state index contributed by atoms with van der Waals surface area (Å²) in [4.78, 5) is 17.5. The molecule has 0 N–H and O–H groups in total. The number of halogens is 3. The van der Waals surface area contributed by atoms with Gasteiger partial charge in [0.2, 0.25) is 5.88 Å². The van der Waals surface area contributed by atoms with Crippen LogP contribution in [0.25, 0.3) is 11.8 Å². The zero-order valence-corrected chi connectivity index (χ0v) is 18.3. The van der Waals surface area contributed by atoms with E-state index >= 15 is 0 Å². The first-order valence-electron chi connectivity index (χ1n) is 11.3. The van der Waals surface area contributed by atoms with Crippen molar-refractivity contribution in [1.29, 1.82) is 0 Å². The van der Waals surface area contributed by atoms with E-state index in [-0.39, 0.29) is 0 Å². The highest BCUT2D eigenvalue weighted by Crippen LogP contribution is 2.36. The molecular formula is C25H26F3N3O2. The summed E-state index contributed by atoms with van der Waals surface area (Å²) in [6.45, 7) is 2.17. The van der Waals surface area contributed by atoms with E-state index in [9.17, 15) is 18.1 Å². The van der Waals surface area contributed by atoms with Gasteiger partial charge in [0, 0.05) is 25.6 Å². The Morgan fingerprint density at radius 3 is 2.94 bits per heavy atom. The van der Waals surface area contributed by atoms with E-state index in [4.69, 9.17) is 4.74 Å². The number of ether oxygens (including phenoxy) is 1. The Labute approximate surface area is 190 Å². The van der Waals surface area contributed by atoms with Crippen LogP contribution in [0.2, 0.25) is 0 Å². The van der Waals surface area contributed by atoms with Crippen LogP contribution in [0.1, 0.15) is 38.5 Å². The molecule has 0 aromatic carbocycles. The molecule has 0 spiro atoms. The third-order valence-corrected chi connectivity index (χ3v) is 6.11. The van der Waals surface area contributed by atoms with Gasteiger partial charge in [-0.25, -0.2) is 4.98 Å². The summed E-state index contributed by atoms with van der Waals surface area (Å²) in [6, 6.07) is 3.66. The largest absolute Gasteiger partial charge is 0.478 e. The average Bonchev–Trinajstić information content (AvgIpc) is 2.78. The van der Waals surface area contributed by atoms with Gasteiger partial charge in [-0.05, 0) is 66.3 Å². The number of hydrogen-bond donors (Lipinski definition) is 0. The first-order valence-corrected chi connectivity index (χ1v) is 11.3. The number of unbranched alkanes of at least 4 members (excludes halogenated alkanes) is 1. The van der Waals surface area contributed by atoms with Gasteiger partial charge in [0.1, 0.15) is 11.6 Å². The standard InChI is InChI=1S/C25H26F3N3O2/c26-25(27,28)21-9-3-1-2-7-18-13-15-31(17-20(18)21)14-4-5-16-33-23-12-11-19-8-6-10-22(30-32)24(19)29-23/h2,7-8,11-12,21H,1,4-6,10,13-17H2. The van der Waals surface area contributed by atoms with Crippen LogP contribution in [0.4, 0.5) is 13.2 Å². The van der Waals surface area contributed by atoms with Gasteiger partial charge in [-0.1, -0.05) is 30.1 Å². The van der Waals surface area contributed by atoms with Gasteiger partial charge in [0.05, 0.1) is 12.0 Å². The lowest BCUT2D eigenvalue weighted by Crippen LogP contribution is -2.38. The lowest BCUT2D eigenvalue weighted by molar-refractivity contribution is -0.150. The third-order valence-electron chi connectivity index (χ3n) is 6.11. The molecule has 0 amide bonds. The van der Waals surface area contributed by atoms with Gasteiger partial charge in [-0.15, -0.1) is 4.91 Å². The van der Waals surface area contributed by atoms with Crippen molar-refractivity contribution >= 4 is 11.8 Å². The Bertz CT molecular complexity index is 1140. The van der Waals surface area contributed by atoms with Gasteiger partial charge in [0.15, 0.2) is 0 Å². The Balaban J connectivity index is 1.30. The molecule has 2 heterocycles. The molecule has 0 bridgehead atoms. The number of nitrogens with zero attached hydrogens (tertiary/aromatic N) is 3. The van der Waals surface area contributed by atoms with Crippen LogP contribution in [0.5, 0.6) is 5.88 Å². The zero-order valence-electron chi connectivity index (χ0n) is 18.3. The van der Waals surface area contributed by atoms with Crippen molar-refractivity contribution in [2.24, 2.45) is 11.1 Å². The van der Waals surface area contributed by atoms with Crippen molar-refractivity contribution < 1.29 is 17.9 Å². The molecule has 2 aliphatic carbocycles. The molecule has 174 valence electrons. The van der Waals surface area contributed by atoms with E-state index < -0.39 is 12.1 Å². The summed E-state index contributed by atoms with van der Waals surface area (Å²) in [5.41, 5.74) is 1.62. The predicted octanol–water partition coefficient (Wildman–Crippen LogP) is 3.83. The van der Waals surface area contributed by atoms with Crippen molar-refractivity contribution in [1.82, 2.24) is 9.88 Å².